The van der Waals surface area contributed by atoms with Gasteiger partial charge in [0, 0.05) is 37.9 Å². The molecule has 0 fully saturated rings. The van der Waals surface area contributed by atoms with Gasteiger partial charge in [-0.2, -0.15) is 9.97 Å². The Kier molecular flexibility index (Phi) is 8.40. The van der Waals surface area contributed by atoms with E-state index in [9.17, 15) is 0 Å². The summed E-state index contributed by atoms with van der Waals surface area (Å²) in [6, 6.07) is 9.28. The van der Waals surface area contributed by atoms with E-state index < -0.39 is 0 Å². The lowest BCUT2D eigenvalue weighted by molar-refractivity contribution is 0.182. The first-order valence-corrected chi connectivity index (χ1v) is 11.3. The molecule has 2 aromatic rings. The van der Waals surface area contributed by atoms with Gasteiger partial charge in [-0.3, -0.25) is 4.90 Å². The van der Waals surface area contributed by atoms with E-state index in [2.05, 4.69) is 74.1 Å². The van der Waals surface area contributed by atoms with Crippen LogP contribution in [0.5, 0.6) is 0 Å². The standard InChI is InChI=1S/C21H32ClN5S/c1-14(2)27(15(3)4)13-12-23-20-18(28-7)19(22)24-21(25-20)26(6)17-10-8-16(5)9-11-17/h8-11,14-15H,12-13H2,1-7H3,(H,23,24,25). The van der Waals surface area contributed by atoms with Crippen molar-refractivity contribution in [1.29, 1.82) is 0 Å². The van der Waals surface area contributed by atoms with Crippen LogP contribution in [0, 0.1) is 6.92 Å². The van der Waals surface area contributed by atoms with Gasteiger partial charge in [0.15, 0.2) is 0 Å². The number of hydrogen-bond acceptors (Lipinski definition) is 6. The average Bonchev–Trinajstić information content (AvgIpc) is 2.64. The Labute approximate surface area is 178 Å². The number of halogens is 1. The molecule has 7 heteroatoms. The van der Waals surface area contributed by atoms with Gasteiger partial charge in [0.05, 0.1) is 4.90 Å². The molecule has 0 aliphatic carbocycles. The summed E-state index contributed by atoms with van der Waals surface area (Å²) in [5.41, 5.74) is 2.24. The lowest BCUT2D eigenvalue weighted by atomic mass is 10.2. The number of rotatable bonds is 9. The normalized spacial score (nSPS) is 11.5. The summed E-state index contributed by atoms with van der Waals surface area (Å²) < 4.78 is 0. The maximum atomic E-state index is 6.48. The first-order chi connectivity index (χ1) is 13.2. The molecule has 0 atom stereocenters. The highest BCUT2D eigenvalue weighted by Gasteiger charge is 2.17. The Hall–Kier alpha value is -1.50. The second-order valence-corrected chi connectivity index (χ2v) is 8.62. The summed E-state index contributed by atoms with van der Waals surface area (Å²) in [7, 11) is 1.96. The van der Waals surface area contributed by atoms with Gasteiger partial charge < -0.3 is 10.2 Å². The zero-order valence-electron chi connectivity index (χ0n) is 18.0. The van der Waals surface area contributed by atoms with E-state index in [-0.39, 0.29) is 0 Å². The minimum atomic E-state index is 0.475. The number of aryl methyl sites for hydroxylation is 1. The number of thioether (sulfide) groups is 1. The fraction of sp³-hybridized carbons (Fsp3) is 0.524. The average molecular weight is 422 g/mol. The number of nitrogens with zero attached hydrogens (tertiary/aromatic N) is 4. The van der Waals surface area contributed by atoms with Gasteiger partial charge in [-0.15, -0.1) is 11.8 Å². The highest BCUT2D eigenvalue weighted by atomic mass is 35.5. The molecule has 1 N–H and O–H groups in total. The molecule has 154 valence electrons. The van der Waals surface area contributed by atoms with Crippen molar-refractivity contribution in [2.24, 2.45) is 0 Å². The molecule has 0 aliphatic rings. The molecule has 0 aliphatic heterocycles. The van der Waals surface area contributed by atoms with Gasteiger partial charge in [0.1, 0.15) is 11.0 Å². The molecule has 0 saturated heterocycles. The molecular weight excluding hydrogens is 390 g/mol. The van der Waals surface area contributed by atoms with Gasteiger partial charge in [-0.05, 0) is 53.0 Å². The minimum absolute atomic E-state index is 0.475. The second kappa shape index (κ2) is 10.3. The fourth-order valence-corrected chi connectivity index (χ4v) is 4.08. The molecular formula is C21H32ClN5S. The van der Waals surface area contributed by atoms with Crippen LogP contribution < -0.4 is 10.2 Å². The van der Waals surface area contributed by atoms with E-state index in [0.717, 1.165) is 29.5 Å². The third-order valence-electron chi connectivity index (χ3n) is 4.73. The third-order valence-corrected chi connectivity index (χ3v) is 5.91. The van der Waals surface area contributed by atoms with Crippen molar-refractivity contribution >= 4 is 40.8 Å². The van der Waals surface area contributed by atoms with E-state index in [0.29, 0.717) is 23.2 Å². The number of nitrogens with one attached hydrogen (secondary N) is 1. The molecule has 1 aromatic carbocycles. The molecule has 28 heavy (non-hydrogen) atoms. The lowest BCUT2D eigenvalue weighted by Crippen LogP contribution is -2.40. The van der Waals surface area contributed by atoms with E-state index in [4.69, 9.17) is 16.6 Å². The van der Waals surface area contributed by atoms with Crippen molar-refractivity contribution in [3.05, 3.63) is 35.0 Å². The summed E-state index contributed by atoms with van der Waals surface area (Å²) in [6.45, 7) is 12.7. The first kappa shape index (κ1) is 22.8. The largest absolute Gasteiger partial charge is 0.368 e. The number of anilines is 3. The second-order valence-electron chi connectivity index (χ2n) is 7.44. The molecule has 0 amide bonds. The van der Waals surface area contributed by atoms with Crippen molar-refractivity contribution in [3.8, 4) is 0 Å². The van der Waals surface area contributed by atoms with Gasteiger partial charge >= 0.3 is 0 Å². The molecule has 0 spiro atoms. The maximum absolute atomic E-state index is 6.48. The van der Waals surface area contributed by atoms with Crippen molar-refractivity contribution in [2.75, 3.05) is 36.6 Å². The Morgan fingerprint density at radius 3 is 2.21 bits per heavy atom. The topological polar surface area (TPSA) is 44.3 Å². The summed E-state index contributed by atoms with van der Waals surface area (Å²) >= 11 is 8.04. The van der Waals surface area contributed by atoms with E-state index in [1.807, 2.05) is 18.2 Å². The SMILES string of the molecule is CSc1c(Cl)nc(N(C)c2ccc(C)cc2)nc1NCCN(C(C)C)C(C)C. The molecule has 5 nitrogen and oxygen atoms in total. The number of aromatic nitrogens is 2. The fourth-order valence-electron chi connectivity index (χ4n) is 3.16. The van der Waals surface area contributed by atoms with Crippen molar-refractivity contribution < 1.29 is 0 Å². The predicted octanol–water partition coefficient (Wildman–Crippen LogP) is 5.46. The quantitative estimate of drug-likeness (QED) is 0.428. The Morgan fingerprint density at radius 2 is 1.68 bits per heavy atom. The molecule has 0 radical (unpaired) electrons. The lowest BCUT2D eigenvalue weighted by Gasteiger charge is -2.30. The summed E-state index contributed by atoms with van der Waals surface area (Å²) in [4.78, 5) is 14.6. The zero-order valence-corrected chi connectivity index (χ0v) is 19.5. The van der Waals surface area contributed by atoms with Crippen LogP contribution in [0.3, 0.4) is 0 Å². The zero-order chi connectivity index (χ0) is 20.8. The van der Waals surface area contributed by atoms with Crippen LogP contribution in [0.15, 0.2) is 29.2 Å². The van der Waals surface area contributed by atoms with Gasteiger partial charge in [-0.1, -0.05) is 29.3 Å². The van der Waals surface area contributed by atoms with Gasteiger partial charge in [0.25, 0.3) is 0 Å². The third kappa shape index (κ3) is 5.75. The van der Waals surface area contributed by atoms with Crippen LogP contribution in [0.25, 0.3) is 0 Å². The minimum Gasteiger partial charge on any atom is -0.368 e. The molecule has 1 heterocycles. The van der Waals surface area contributed by atoms with Crippen LogP contribution in [0.1, 0.15) is 33.3 Å². The van der Waals surface area contributed by atoms with Gasteiger partial charge in [0.2, 0.25) is 5.95 Å². The number of benzene rings is 1. The molecule has 2 rings (SSSR count). The smallest absolute Gasteiger partial charge is 0.233 e. The maximum Gasteiger partial charge on any atom is 0.233 e. The van der Waals surface area contributed by atoms with E-state index in [1.54, 1.807) is 11.8 Å². The molecule has 0 saturated carbocycles. The monoisotopic (exact) mass is 421 g/mol. The highest BCUT2D eigenvalue weighted by Crippen LogP contribution is 2.33. The first-order valence-electron chi connectivity index (χ1n) is 9.66. The van der Waals surface area contributed by atoms with Crippen LogP contribution >= 0.6 is 23.4 Å². The Morgan fingerprint density at radius 1 is 1.07 bits per heavy atom. The van der Waals surface area contributed by atoms with Crippen LogP contribution in [-0.2, 0) is 0 Å². The van der Waals surface area contributed by atoms with Gasteiger partial charge in [-0.25, -0.2) is 0 Å². The van der Waals surface area contributed by atoms with Crippen molar-refractivity contribution in [3.63, 3.8) is 0 Å². The van der Waals surface area contributed by atoms with Crippen LogP contribution in [0.2, 0.25) is 5.15 Å². The molecule has 0 bridgehead atoms. The summed E-state index contributed by atoms with van der Waals surface area (Å²) in [5.74, 6) is 1.37. The molecule has 1 aromatic heterocycles. The van der Waals surface area contributed by atoms with Crippen LogP contribution in [-0.4, -0.2) is 53.3 Å². The van der Waals surface area contributed by atoms with E-state index in [1.165, 1.54) is 5.56 Å². The van der Waals surface area contributed by atoms with Crippen LogP contribution in [0.4, 0.5) is 17.5 Å². The number of hydrogen-bond donors (Lipinski definition) is 1. The Balaban J connectivity index is 2.22. The summed E-state index contributed by atoms with van der Waals surface area (Å²) in [5, 5.41) is 3.95. The van der Waals surface area contributed by atoms with Crippen molar-refractivity contribution in [1.82, 2.24) is 14.9 Å². The molecule has 0 unspecified atom stereocenters. The van der Waals surface area contributed by atoms with E-state index >= 15 is 0 Å². The Bertz CT molecular complexity index is 756. The van der Waals surface area contributed by atoms with Crippen molar-refractivity contribution in [2.45, 2.75) is 51.6 Å². The summed E-state index contributed by atoms with van der Waals surface area (Å²) in [6.07, 6.45) is 1.99. The predicted molar refractivity (Wildman–Crippen MR) is 124 cm³/mol. The highest BCUT2D eigenvalue weighted by molar-refractivity contribution is 7.98.